The third kappa shape index (κ3) is 1.48. The Bertz CT molecular complexity index is 132. The van der Waals surface area contributed by atoms with E-state index in [4.69, 9.17) is 4.74 Å². The van der Waals surface area contributed by atoms with Crippen molar-refractivity contribution in [2.24, 2.45) is 5.92 Å². The molecule has 1 aliphatic heterocycles. The van der Waals surface area contributed by atoms with Gasteiger partial charge in [0.15, 0.2) is 0 Å². The molecule has 1 saturated carbocycles. The summed E-state index contributed by atoms with van der Waals surface area (Å²) in [4.78, 5) is 0. The maximum absolute atomic E-state index is 5.81. The molecule has 1 spiro atoms. The van der Waals surface area contributed by atoms with Gasteiger partial charge >= 0.3 is 0 Å². The molecule has 1 heterocycles. The quantitative estimate of drug-likeness (QED) is 0.616. The molecule has 1 saturated heterocycles. The fraction of sp³-hybridized carbons (Fsp3) is 1.00. The van der Waals surface area contributed by atoms with Crippen LogP contribution < -0.4 is 0 Å². The maximum atomic E-state index is 5.81. The Morgan fingerprint density at radius 3 is 2.73 bits per heavy atom. The molecule has 2 rings (SSSR count). The Morgan fingerprint density at radius 2 is 2.18 bits per heavy atom. The molecule has 2 aliphatic rings. The van der Waals surface area contributed by atoms with E-state index in [1.165, 1.54) is 32.1 Å². The molecule has 0 radical (unpaired) electrons. The molecule has 0 aromatic carbocycles. The number of rotatable bonds is 1. The first-order chi connectivity index (χ1) is 5.35. The second-order valence-corrected chi connectivity index (χ2v) is 4.56. The summed E-state index contributed by atoms with van der Waals surface area (Å²) in [5, 5.41) is 1.16. The van der Waals surface area contributed by atoms with Gasteiger partial charge in [-0.3, -0.25) is 0 Å². The van der Waals surface area contributed by atoms with Crippen molar-refractivity contribution in [1.82, 2.24) is 0 Å². The van der Waals surface area contributed by atoms with E-state index in [1.54, 1.807) is 0 Å². The topological polar surface area (TPSA) is 9.23 Å². The Hall–Kier alpha value is 0.440. The number of hydrogen-bond acceptors (Lipinski definition) is 1. The van der Waals surface area contributed by atoms with Crippen molar-refractivity contribution in [3.05, 3.63) is 0 Å². The third-order valence-electron chi connectivity index (χ3n) is 2.97. The first-order valence-corrected chi connectivity index (χ1v) is 5.67. The van der Waals surface area contributed by atoms with Gasteiger partial charge in [0.2, 0.25) is 0 Å². The van der Waals surface area contributed by atoms with Crippen LogP contribution in [0.3, 0.4) is 0 Å². The van der Waals surface area contributed by atoms with Crippen LogP contribution in [0.4, 0.5) is 0 Å². The minimum Gasteiger partial charge on any atom is -0.375 e. The highest BCUT2D eigenvalue weighted by molar-refractivity contribution is 9.09. The van der Waals surface area contributed by atoms with Crippen LogP contribution in [-0.4, -0.2) is 17.5 Å². The Morgan fingerprint density at radius 1 is 1.36 bits per heavy atom. The van der Waals surface area contributed by atoms with E-state index in [9.17, 15) is 0 Å². The van der Waals surface area contributed by atoms with Crippen LogP contribution in [0.1, 0.15) is 32.1 Å². The highest BCUT2D eigenvalue weighted by Gasteiger charge is 2.45. The average molecular weight is 219 g/mol. The summed E-state index contributed by atoms with van der Waals surface area (Å²) in [6.07, 6.45) is 6.59. The summed E-state index contributed by atoms with van der Waals surface area (Å²) in [6.45, 7) is 1.01. The summed E-state index contributed by atoms with van der Waals surface area (Å²) in [5.41, 5.74) is 0.344. The van der Waals surface area contributed by atoms with Gasteiger partial charge in [-0.15, -0.1) is 0 Å². The van der Waals surface area contributed by atoms with E-state index in [1.807, 2.05) is 0 Å². The van der Waals surface area contributed by atoms with Crippen molar-refractivity contribution in [2.45, 2.75) is 37.7 Å². The molecule has 0 amide bonds. The maximum Gasteiger partial charge on any atom is 0.0688 e. The molecular weight excluding hydrogens is 204 g/mol. The third-order valence-corrected chi connectivity index (χ3v) is 3.89. The van der Waals surface area contributed by atoms with Crippen molar-refractivity contribution in [1.29, 1.82) is 0 Å². The first kappa shape index (κ1) is 8.06. The molecule has 0 unspecified atom stereocenters. The van der Waals surface area contributed by atoms with Gasteiger partial charge in [-0.05, 0) is 38.0 Å². The zero-order chi connectivity index (χ0) is 7.73. The standard InChI is InChI=1S/C9H15BrO/c10-7-8-5-9(6-8)3-1-2-4-11-9/h8H,1-7H2. The minimum atomic E-state index is 0.344. The van der Waals surface area contributed by atoms with Crippen molar-refractivity contribution >= 4 is 15.9 Å². The molecule has 0 N–H and O–H groups in total. The molecule has 11 heavy (non-hydrogen) atoms. The molecule has 0 bridgehead atoms. The lowest BCUT2D eigenvalue weighted by Gasteiger charge is -2.49. The fourth-order valence-electron chi connectivity index (χ4n) is 2.33. The van der Waals surface area contributed by atoms with E-state index in [-0.39, 0.29) is 0 Å². The number of halogens is 1. The van der Waals surface area contributed by atoms with Crippen molar-refractivity contribution in [2.75, 3.05) is 11.9 Å². The summed E-state index contributed by atoms with van der Waals surface area (Å²) in [6, 6.07) is 0. The number of hydrogen-bond donors (Lipinski definition) is 0. The van der Waals surface area contributed by atoms with Crippen LogP contribution in [0.15, 0.2) is 0 Å². The number of alkyl halides is 1. The van der Waals surface area contributed by atoms with Gasteiger partial charge in [0.1, 0.15) is 0 Å². The smallest absolute Gasteiger partial charge is 0.0688 e. The van der Waals surface area contributed by atoms with Gasteiger partial charge in [0, 0.05) is 11.9 Å². The summed E-state index contributed by atoms with van der Waals surface area (Å²) < 4.78 is 5.81. The Balaban J connectivity index is 1.84. The van der Waals surface area contributed by atoms with Crippen LogP contribution in [0, 0.1) is 5.92 Å². The molecular formula is C9H15BrO. The largest absolute Gasteiger partial charge is 0.375 e. The van der Waals surface area contributed by atoms with Crippen LogP contribution in [0.2, 0.25) is 0 Å². The Labute approximate surface area is 76.6 Å². The highest BCUT2D eigenvalue weighted by Crippen LogP contribution is 2.46. The predicted octanol–water partition coefficient (Wildman–Crippen LogP) is 2.73. The lowest BCUT2D eigenvalue weighted by Crippen LogP contribution is -2.48. The fourth-order valence-corrected chi connectivity index (χ4v) is 2.79. The first-order valence-electron chi connectivity index (χ1n) is 4.55. The zero-order valence-electron chi connectivity index (χ0n) is 6.81. The zero-order valence-corrected chi connectivity index (χ0v) is 8.40. The lowest BCUT2D eigenvalue weighted by atomic mass is 9.68. The summed E-state index contributed by atoms with van der Waals surface area (Å²) in [7, 11) is 0. The molecule has 1 nitrogen and oxygen atoms in total. The predicted molar refractivity (Wildman–Crippen MR) is 49.1 cm³/mol. The van der Waals surface area contributed by atoms with Gasteiger partial charge in [0.25, 0.3) is 0 Å². The molecule has 0 aromatic heterocycles. The average Bonchev–Trinajstić information content (AvgIpc) is 2.01. The molecule has 0 atom stereocenters. The molecule has 1 aliphatic carbocycles. The van der Waals surface area contributed by atoms with E-state index in [0.29, 0.717) is 5.60 Å². The molecule has 2 fully saturated rings. The van der Waals surface area contributed by atoms with Crippen molar-refractivity contribution in [3.63, 3.8) is 0 Å². The second kappa shape index (κ2) is 3.06. The molecule has 64 valence electrons. The van der Waals surface area contributed by atoms with Crippen LogP contribution in [0.5, 0.6) is 0 Å². The van der Waals surface area contributed by atoms with Gasteiger partial charge in [-0.25, -0.2) is 0 Å². The van der Waals surface area contributed by atoms with E-state index in [0.717, 1.165) is 17.9 Å². The Kier molecular flexibility index (Phi) is 2.24. The van der Waals surface area contributed by atoms with Gasteiger partial charge in [-0.2, -0.15) is 0 Å². The van der Waals surface area contributed by atoms with E-state index >= 15 is 0 Å². The van der Waals surface area contributed by atoms with Crippen molar-refractivity contribution < 1.29 is 4.74 Å². The van der Waals surface area contributed by atoms with Crippen LogP contribution in [-0.2, 0) is 4.74 Å². The lowest BCUT2D eigenvalue weighted by molar-refractivity contribution is -0.148. The molecule has 0 aromatic rings. The monoisotopic (exact) mass is 218 g/mol. The SMILES string of the molecule is BrCC1CC2(CCCCO2)C1. The number of ether oxygens (including phenoxy) is 1. The van der Waals surface area contributed by atoms with Gasteiger partial charge in [-0.1, -0.05) is 15.9 Å². The molecule has 2 heteroatoms. The van der Waals surface area contributed by atoms with Crippen LogP contribution >= 0.6 is 15.9 Å². The van der Waals surface area contributed by atoms with Crippen LogP contribution in [0.25, 0.3) is 0 Å². The minimum absolute atomic E-state index is 0.344. The van der Waals surface area contributed by atoms with Crippen molar-refractivity contribution in [3.8, 4) is 0 Å². The summed E-state index contributed by atoms with van der Waals surface area (Å²) >= 11 is 3.52. The summed E-state index contributed by atoms with van der Waals surface area (Å²) in [5.74, 6) is 0.896. The van der Waals surface area contributed by atoms with E-state index in [2.05, 4.69) is 15.9 Å². The normalized spacial score (nSPS) is 43.9. The van der Waals surface area contributed by atoms with E-state index < -0.39 is 0 Å². The highest BCUT2D eigenvalue weighted by atomic mass is 79.9. The van der Waals surface area contributed by atoms with Gasteiger partial charge < -0.3 is 4.74 Å². The second-order valence-electron chi connectivity index (χ2n) is 3.92. The van der Waals surface area contributed by atoms with Gasteiger partial charge in [0.05, 0.1) is 5.60 Å².